The maximum atomic E-state index is 11.5. The van der Waals surface area contributed by atoms with Crippen LogP contribution >= 0.6 is 0 Å². The molecule has 21 heavy (non-hydrogen) atoms. The summed E-state index contributed by atoms with van der Waals surface area (Å²) in [5.41, 5.74) is 0.623. The van der Waals surface area contributed by atoms with E-state index in [2.05, 4.69) is 4.74 Å². The van der Waals surface area contributed by atoms with Crippen molar-refractivity contribution in [2.75, 3.05) is 7.11 Å². The van der Waals surface area contributed by atoms with Crippen molar-refractivity contribution in [2.45, 2.75) is 12.5 Å². The van der Waals surface area contributed by atoms with E-state index < -0.39 is 30.4 Å². The Morgan fingerprint density at radius 2 is 1.86 bits per heavy atom. The van der Waals surface area contributed by atoms with Crippen LogP contribution in [0.2, 0.25) is 0 Å². The summed E-state index contributed by atoms with van der Waals surface area (Å²) in [6.45, 7) is 0. The van der Waals surface area contributed by atoms with Crippen LogP contribution in [0.5, 0.6) is 5.75 Å². The lowest BCUT2D eigenvalue weighted by atomic mass is 10.2. The van der Waals surface area contributed by atoms with E-state index in [0.29, 0.717) is 5.56 Å². The molecule has 7 nitrogen and oxygen atoms in total. The lowest BCUT2D eigenvalue weighted by molar-refractivity contribution is -0.166. The molecule has 0 fully saturated rings. The van der Waals surface area contributed by atoms with E-state index in [1.807, 2.05) is 0 Å². The summed E-state index contributed by atoms with van der Waals surface area (Å²) >= 11 is 0. The van der Waals surface area contributed by atoms with Crippen molar-refractivity contribution >= 4 is 24.0 Å². The van der Waals surface area contributed by atoms with Crippen LogP contribution in [0.3, 0.4) is 0 Å². The Morgan fingerprint density at radius 3 is 2.38 bits per heavy atom. The predicted octanol–water partition coefficient (Wildman–Crippen LogP) is 0.965. The zero-order chi connectivity index (χ0) is 15.8. The van der Waals surface area contributed by atoms with Gasteiger partial charge in [-0.25, -0.2) is 9.59 Å². The molecule has 0 aromatic heterocycles. The second-order valence-electron chi connectivity index (χ2n) is 3.97. The van der Waals surface area contributed by atoms with Crippen molar-refractivity contribution in [1.29, 1.82) is 0 Å². The number of methoxy groups -OCH3 is 1. The molecule has 0 aliphatic carbocycles. The lowest BCUT2D eigenvalue weighted by Gasteiger charge is -2.12. The molecule has 1 rings (SSSR count). The quantitative estimate of drug-likeness (QED) is 0.594. The maximum absolute atomic E-state index is 11.5. The zero-order valence-corrected chi connectivity index (χ0v) is 11.2. The van der Waals surface area contributed by atoms with Crippen LogP contribution in [0, 0.1) is 0 Å². The highest BCUT2D eigenvalue weighted by Crippen LogP contribution is 2.11. The van der Waals surface area contributed by atoms with Crippen molar-refractivity contribution in [3.05, 3.63) is 35.9 Å². The summed E-state index contributed by atoms with van der Waals surface area (Å²) in [6, 6.07) is 6.00. The molecule has 1 unspecified atom stereocenters. The van der Waals surface area contributed by atoms with E-state index in [0.717, 1.165) is 13.2 Å². The highest BCUT2D eigenvalue weighted by molar-refractivity contribution is 5.90. The van der Waals surface area contributed by atoms with Crippen molar-refractivity contribution in [1.82, 2.24) is 0 Å². The van der Waals surface area contributed by atoms with Gasteiger partial charge in [-0.05, 0) is 23.8 Å². The molecule has 0 bridgehead atoms. The van der Waals surface area contributed by atoms with Gasteiger partial charge in [-0.1, -0.05) is 12.1 Å². The molecule has 0 spiro atoms. The first-order valence-electron chi connectivity index (χ1n) is 5.89. The molecule has 0 radical (unpaired) electrons. The van der Waals surface area contributed by atoms with Crippen LogP contribution in [0.1, 0.15) is 12.0 Å². The summed E-state index contributed by atoms with van der Waals surface area (Å²) in [4.78, 5) is 33.4. The fourth-order valence-electron chi connectivity index (χ4n) is 1.39. The third-order valence-electron chi connectivity index (χ3n) is 2.39. The number of benzene rings is 1. The van der Waals surface area contributed by atoms with Crippen LogP contribution in [-0.2, 0) is 23.9 Å². The van der Waals surface area contributed by atoms with Crippen molar-refractivity contribution in [2.24, 2.45) is 0 Å². The first kappa shape index (κ1) is 16.2. The fraction of sp³-hybridized carbons (Fsp3) is 0.214. The van der Waals surface area contributed by atoms with Gasteiger partial charge >= 0.3 is 17.9 Å². The minimum absolute atomic E-state index is 0.0851. The van der Waals surface area contributed by atoms with Gasteiger partial charge in [0, 0.05) is 6.08 Å². The number of ether oxygens (including phenoxy) is 2. The average molecular weight is 294 g/mol. The van der Waals surface area contributed by atoms with E-state index >= 15 is 0 Å². The molecule has 0 saturated heterocycles. The molecule has 112 valence electrons. The number of carboxylic acid groups (broad SMARTS) is 1. The number of phenolic OH excluding ortho intramolecular Hbond substituents is 1. The average Bonchev–Trinajstić information content (AvgIpc) is 2.44. The standard InChI is InChI=1S/C14H14O7/c1-20-14(19)11(8-12(16)17)21-13(18)7-4-9-2-5-10(15)6-3-9/h2-7,11,15H,8H2,1H3,(H,16,17). The number of phenols is 1. The number of carbonyl (C=O) groups excluding carboxylic acids is 2. The molecule has 0 amide bonds. The SMILES string of the molecule is COC(=O)C(CC(=O)O)OC(=O)C=Cc1ccc(O)cc1. The number of carbonyl (C=O) groups is 3. The highest BCUT2D eigenvalue weighted by Gasteiger charge is 2.25. The number of aliphatic carboxylic acids is 1. The molecule has 7 heteroatoms. The van der Waals surface area contributed by atoms with E-state index in [4.69, 9.17) is 14.9 Å². The second-order valence-corrected chi connectivity index (χ2v) is 3.97. The molecule has 2 N–H and O–H groups in total. The van der Waals surface area contributed by atoms with Crippen molar-refractivity contribution < 1.29 is 34.1 Å². The van der Waals surface area contributed by atoms with Crippen LogP contribution in [0.4, 0.5) is 0 Å². The van der Waals surface area contributed by atoms with Gasteiger partial charge in [0.1, 0.15) is 5.75 Å². The molecular formula is C14H14O7. The first-order valence-corrected chi connectivity index (χ1v) is 5.89. The van der Waals surface area contributed by atoms with Gasteiger partial charge in [-0.2, -0.15) is 0 Å². The zero-order valence-electron chi connectivity index (χ0n) is 11.2. The van der Waals surface area contributed by atoms with Crippen molar-refractivity contribution in [3.8, 4) is 5.75 Å². The molecule has 1 atom stereocenters. The topological polar surface area (TPSA) is 110 Å². The predicted molar refractivity (Wildman–Crippen MR) is 71.3 cm³/mol. The first-order chi connectivity index (χ1) is 9.92. The number of carboxylic acids is 1. The number of esters is 2. The summed E-state index contributed by atoms with van der Waals surface area (Å²) in [6.07, 6.45) is 0.274. The van der Waals surface area contributed by atoms with Gasteiger partial charge in [0.05, 0.1) is 13.5 Å². The number of rotatable bonds is 6. The van der Waals surface area contributed by atoms with Crippen LogP contribution < -0.4 is 0 Å². The summed E-state index contributed by atoms with van der Waals surface area (Å²) < 4.78 is 9.09. The van der Waals surface area contributed by atoms with Gasteiger partial charge in [0.15, 0.2) is 0 Å². The summed E-state index contributed by atoms with van der Waals surface area (Å²) in [5, 5.41) is 17.7. The molecule has 1 aromatic rings. The molecular weight excluding hydrogens is 280 g/mol. The minimum Gasteiger partial charge on any atom is -0.508 e. The van der Waals surface area contributed by atoms with Gasteiger partial charge in [0.2, 0.25) is 6.10 Å². The Hall–Kier alpha value is -2.83. The Kier molecular flexibility index (Phi) is 5.94. The number of hydrogen-bond donors (Lipinski definition) is 2. The molecule has 1 aromatic carbocycles. The Bertz CT molecular complexity index is 545. The normalized spacial score (nSPS) is 11.9. The monoisotopic (exact) mass is 294 g/mol. The fourth-order valence-corrected chi connectivity index (χ4v) is 1.39. The third-order valence-corrected chi connectivity index (χ3v) is 2.39. The van der Waals surface area contributed by atoms with Crippen LogP contribution in [0.15, 0.2) is 30.3 Å². The van der Waals surface area contributed by atoms with Gasteiger partial charge in [0.25, 0.3) is 0 Å². The van der Waals surface area contributed by atoms with E-state index in [9.17, 15) is 14.4 Å². The molecule has 0 aliphatic rings. The molecule has 0 aliphatic heterocycles. The van der Waals surface area contributed by atoms with E-state index in [1.165, 1.54) is 18.2 Å². The third kappa shape index (κ3) is 5.77. The van der Waals surface area contributed by atoms with Crippen LogP contribution in [-0.4, -0.2) is 41.3 Å². The number of aromatic hydroxyl groups is 1. The smallest absolute Gasteiger partial charge is 0.347 e. The van der Waals surface area contributed by atoms with Gasteiger partial charge in [-0.3, -0.25) is 4.79 Å². The summed E-state index contributed by atoms with van der Waals surface area (Å²) in [5.74, 6) is -3.02. The molecule has 0 heterocycles. The van der Waals surface area contributed by atoms with Gasteiger partial charge in [-0.15, -0.1) is 0 Å². The Morgan fingerprint density at radius 1 is 1.24 bits per heavy atom. The minimum atomic E-state index is -1.50. The Balaban J connectivity index is 2.66. The maximum Gasteiger partial charge on any atom is 0.347 e. The second kappa shape index (κ2) is 7.68. The molecule has 0 saturated carbocycles. The largest absolute Gasteiger partial charge is 0.508 e. The highest BCUT2D eigenvalue weighted by atomic mass is 16.6. The van der Waals surface area contributed by atoms with E-state index in [-0.39, 0.29) is 5.75 Å². The van der Waals surface area contributed by atoms with Crippen molar-refractivity contribution in [3.63, 3.8) is 0 Å². The Labute approximate surface area is 120 Å². The number of hydrogen-bond acceptors (Lipinski definition) is 6. The summed E-state index contributed by atoms with van der Waals surface area (Å²) in [7, 11) is 1.07. The van der Waals surface area contributed by atoms with Crippen LogP contribution in [0.25, 0.3) is 6.08 Å². The van der Waals surface area contributed by atoms with Gasteiger partial charge < -0.3 is 19.7 Å². The van der Waals surface area contributed by atoms with E-state index in [1.54, 1.807) is 12.1 Å². The lowest BCUT2D eigenvalue weighted by Crippen LogP contribution is -2.30.